The molecule has 5 nitrogen and oxygen atoms in total. The van der Waals surface area contributed by atoms with Crippen molar-refractivity contribution in [1.29, 1.82) is 0 Å². The second-order valence-corrected chi connectivity index (χ2v) is 6.79. The molecule has 28 heavy (non-hydrogen) atoms. The second kappa shape index (κ2) is 8.91. The first-order valence-electron chi connectivity index (χ1n) is 8.75. The van der Waals surface area contributed by atoms with Crippen LogP contribution in [0.5, 0.6) is 0 Å². The van der Waals surface area contributed by atoms with Gasteiger partial charge in [0.05, 0.1) is 36.4 Å². The maximum Gasteiger partial charge on any atom is 0.416 e. The third-order valence-electron chi connectivity index (χ3n) is 4.42. The van der Waals surface area contributed by atoms with E-state index < -0.39 is 23.8 Å². The first-order valence-corrected chi connectivity index (χ1v) is 9.16. The Kier molecular flexibility index (Phi) is 7.06. The van der Waals surface area contributed by atoms with Crippen LogP contribution in [0.25, 0.3) is 0 Å². The van der Waals surface area contributed by atoms with Gasteiger partial charge in [0.1, 0.15) is 0 Å². The molecule has 0 aromatic heterocycles. The normalized spacial score (nSPS) is 18.8. The van der Waals surface area contributed by atoms with Gasteiger partial charge < -0.3 is 19.7 Å². The minimum atomic E-state index is -4.49. The summed E-state index contributed by atoms with van der Waals surface area (Å²) in [5.41, 5.74) is 0.222. The van der Waals surface area contributed by atoms with Crippen LogP contribution >= 0.6 is 12.2 Å². The summed E-state index contributed by atoms with van der Waals surface area (Å²) in [7, 11) is 1.55. The van der Waals surface area contributed by atoms with E-state index in [9.17, 15) is 18.0 Å². The van der Waals surface area contributed by atoms with E-state index in [0.29, 0.717) is 17.4 Å². The molecule has 2 rings (SSSR count). The zero-order valence-corrected chi connectivity index (χ0v) is 16.9. The lowest BCUT2D eigenvalue weighted by Crippen LogP contribution is -2.52. The van der Waals surface area contributed by atoms with Gasteiger partial charge in [0, 0.05) is 12.8 Å². The molecule has 0 bridgehead atoms. The molecule has 0 radical (unpaired) electrons. The van der Waals surface area contributed by atoms with Crippen LogP contribution in [0.15, 0.2) is 35.5 Å². The zero-order chi connectivity index (χ0) is 21.1. The van der Waals surface area contributed by atoms with Gasteiger partial charge in [-0.15, -0.1) is 0 Å². The molecule has 0 saturated carbocycles. The minimum Gasteiger partial charge on any atom is -0.463 e. The third-order valence-corrected chi connectivity index (χ3v) is 4.73. The molecule has 1 aliphatic rings. The second-order valence-electron chi connectivity index (χ2n) is 6.40. The lowest BCUT2D eigenvalue weighted by molar-refractivity contribution is -0.139. The van der Waals surface area contributed by atoms with Crippen molar-refractivity contribution >= 4 is 23.3 Å². The van der Waals surface area contributed by atoms with Gasteiger partial charge in [-0.3, -0.25) is 0 Å². The number of halogens is 3. The average Bonchev–Trinajstić information content (AvgIpc) is 2.61. The van der Waals surface area contributed by atoms with Crippen LogP contribution in [-0.4, -0.2) is 42.3 Å². The Morgan fingerprint density at radius 3 is 2.64 bits per heavy atom. The molecule has 1 aliphatic heterocycles. The molecule has 1 aromatic rings. The van der Waals surface area contributed by atoms with Crippen molar-refractivity contribution < 1.29 is 27.4 Å². The molecular formula is C19H23F3N2O3S. The van der Waals surface area contributed by atoms with Crippen molar-refractivity contribution in [3.63, 3.8) is 0 Å². The van der Waals surface area contributed by atoms with Crippen LogP contribution in [0.3, 0.4) is 0 Å². The Hall–Kier alpha value is -2.13. The highest BCUT2D eigenvalue weighted by Gasteiger charge is 2.38. The number of benzene rings is 1. The quantitative estimate of drug-likeness (QED) is 0.562. The van der Waals surface area contributed by atoms with Crippen LogP contribution in [0.4, 0.5) is 13.2 Å². The maximum atomic E-state index is 13.1. The lowest BCUT2D eigenvalue weighted by Gasteiger charge is -2.40. The van der Waals surface area contributed by atoms with Crippen molar-refractivity contribution in [2.45, 2.75) is 39.0 Å². The molecule has 154 valence electrons. The number of rotatable bonds is 6. The average molecular weight is 416 g/mol. The topological polar surface area (TPSA) is 50.8 Å². The molecule has 0 aliphatic carbocycles. The number of nitrogens with one attached hydrogen (secondary N) is 1. The number of methoxy groups -OCH3 is 1. The van der Waals surface area contributed by atoms with Crippen molar-refractivity contribution in [3.05, 3.63) is 46.7 Å². The zero-order valence-electron chi connectivity index (χ0n) is 16.1. The highest BCUT2D eigenvalue weighted by atomic mass is 32.1. The van der Waals surface area contributed by atoms with Gasteiger partial charge in [-0.2, -0.15) is 13.2 Å². The number of alkyl halides is 3. The number of ether oxygens (including phenoxy) is 2. The van der Waals surface area contributed by atoms with Crippen molar-refractivity contribution in [1.82, 2.24) is 10.2 Å². The Morgan fingerprint density at radius 2 is 2.07 bits per heavy atom. The van der Waals surface area contributed by atoms with E-state index in [4.69, 9.17) is 21.7 Å². The number of carbonyl (C=O) groups is 1. The van der Waals surface area contributed by atoms with Crippen molar-refractivity contribution in [3.8, 4) is 0 Å². The standard InChI is InChI=1S/C19H23F3N2O3S/c1-5-27-17(25)15-12(3)24(11(2)10-26-4)18(28)23-16(15)13-7-6-8-14(9-13)19(20,21)22/h6-9,11,16H,5,10H2,1-4H3,(H,23,28)/t11-,16-/m0/s1. The molecule has 9 heteroatoms. The lowest BCUT2D eigenvalue weighted by atomic mass is 9.93. The number of hydrogen-bond donors (Lipinski definition) is 1. The predicted octanol–water partition coefficient (Wildman–Crippen LogP) is 3.81. The monoisotopic (exact) mass is 416 g/mol. The van der Waals surface area contributed by atoms with E-state index in [1.54, 1.807) is 25.9 Å². The van der Waals surface area contributed by atoms with Crippen LogP contribution in [0.1, 0.15) is 37.9 Å². The van der Waals surface area contributed by atoms with Crippen molar-refractivity contribution in [2.75, 3.05) is 20.3 Å². The molecule has 0 fully saturated rings. The van der Waals surface area contributed by atoms with E-state index in [0.717, 1.165) is 12.1 Å². The number of thiocarbonyl (C=S) groups is 1. The SMILES string of the molecule is CCOC(=O)C1=C(C)N([C@@H](C)COC)C(=S)N[C@H]1c1cccc(C(F)(F)F)c1. The third kappa shape index (κ3) is 4.64. The fourth-order valence-corrected chi connectivity index (χ4v) is 3.66. The fraction of sp³-hybridized carbons (Fsp3) is 0.474. The smallest absolute Gasteiger partial charge is 0.416 e. The van der Waals surface area contributed by atoms with E-state index in [1.807, 2.05) is 6.92 Å². The van der Waals surface area contributed by atoms with Crippen molar-refractivity contribution in [2.24, 2.45) is 0 Å². The summed E-state index contributed by atoms with van der Waals surface area (Å²) in [6, 6.07) is 3.80. The molecule has 1 N–H and O–H groups in total. The van der Waals surface area contributed by atoms with Gasteiger partial charge in [-0.1, -0.05) is 12.1 Å². The van der Waals surface area contributed by atoms with Crippen LogP contribution < -0.4 is 5.32 Å². The van der Waals surface area contributed by atoms with Gasteiger partial charge in [-0.05, 0) is 50.7 Å². The molecular weight excluding hydrogens is 393 g/mol. The number of allylic oxidation sites excluding steroid dienone is 1. The molecule has 1 aromatic carbocycles. The minimum absolute atomic E-state index is 0.142. The molecule has 2 atom stereocenters. The molecule has 1 heterocycles. The van der Waals surface area contributed by atoms with Gasteiger partial charge in [0.15, 0.2) is 5.11 Å². The molecule has 0 amide bonds. The van der Waals surface area contributed by atoms with Gasteiger partial charge in [-0.25, -0.2) is 4.79 Å². The van der Waals surface area contributed by atoms with Crippen LogP contribution in [0.2, 0.25) is 0 Å². The van der Waals surface area contributed by atoms with Gasteiger partial charge >= 0.3 is 12.1 Å². The first-order chi connectivity index (χ1) is 13.1. The maximum absolute atomic E-state index is 13.1. The van der Waals surface area contributed by atoms with E-state index >= 15 is 0 Å². The summed E-state index contributed by atoms with van der Waals surface area (Å²) < 4.78 is 49.8. The Morgan fingerprint density at radius 1 is 1.39 bits per heavy atom. The summed E-state index contributed by atoms with van der Waals surface area (Å²) in [5.74, 6) is -0.605. The Bertz CT molecular complexity index is 780. The summed E-state index contributed by atoms with van der Waals surface area (Å²) in [6.07, 6.45) is -4.49. The summed E-state index contributed by atoms with van der Waals surface area (Å²) in [4.78, 5) is 14.4. The predicted molar refractivity (Wildman–Crippen MR) is 102 cm³/mol. The summed E-state index contributed by atoms with van der Waals surface area (Å²) in [5, 5.41) is 3.30. The highest BCUT2D eigenvalue weighted by molar-refractivity contribution is 7.80. The summed E-state index contributed by atoms with van der Waals surface area (Å²) in [6.45, 7) is 5.73. The van der Waals surface area contributed by atoms with E-state index in [-0.39, 0.29) is 23.8 Å². The number of nitrogens with zero attached hydrogens (tertiary/aromatic N) is 1. The van der Waals surface area contributed by atoms with Crippen LogP contribution in [0, 0.1) is 0 Å². The Labute approximate surface area is 167 Å². The summed E-state index contributed by atoms with van der Waals surface area (Å²) >= 11 is 5.43. The Balaban J connectivity index is 2.57. The molecule has 0 saturated heterocycles. The number of carbonyl (C=O) groups excluding carboxylic acids is 1. The largest absolute Gasteiger partial charge is 0.463 e. The van der Waals surface area contributed by atoms with Gasteiger partial charge in [0.25, 0.3) is 0 Å². The van der Waals surface area contributed by atoms with E-state index in [2.05, 4.69) is 5.32 Å². The number of esters is 1. The van der Waals surface area contributed by atoms with Crippen LogP contribution in [-0.2, 0) is 20.4 Å². The first kappa shape index (κ1) is 22.2. The molecule has 0 unspecified atom stereocenters. The fourth-order valence-electron chi connectivity index (χ4n) is 3.22. The number of hydrogen-bond acceptors (Lipinski definition) is 4. The molecule has 0 spiro atoms. The van der Waals surface area contributed by atoms with Gasteiger partial charge in [0.2, 0.25) is 0 Å². The highest BCUT2D eigenvalue weighted by Crippen LogP contribution is 2.36. The van der Waals surface area contributed by atoms with E-state index in [1.165, 1.54) is 12.1 Å².